The van der Waals surface area contributed by atoms with Crippen LogP contribution in [0.1, 0.15) is 15.9 Å². The van der Waals surface area contributed by atoms with Gasteiger partial charge < -0.3 is 5.32 Å². The van der Waals surface area contributed by atoms with Crippen LogP contribution in [0.3, 0.4) is 0 Å². The minimum Gasteiger partial charge on any atom is -0.348 e. The SMILES string of the molecule is CN(C)S(=O)(=O)c1ccc(C(=O)NCc2cnn(CC(F)(F)F)c2)cn1. The number of sulfonamides is 1. The fourth-order valence-electron chi connectivity index (χ4n) is 1.91. The molecule has 12 heteroatoms. The highest BCUT2D eigenvalue weighted by Crippen LogP contribution is 2.17. The van der Waals surface area contributed by atoms with E-state index in [0.29, 0.717) is 5.56 Å². The van der Waals surface area contributed by atoms with E-state index in [1.54, 1.807) is 0 Å². The summed E-state index contributed by atoms with van der Waals surface area (Å²) in [5.41, 5.74) is 0.507. The molecule has 2 aromatic rings. The van der Waals surface area contributed by atoms with E-state index >= 15 is 0 Å². The Hall–Kier alpha value is -2.47. The Kier molecular flexibility index (Phi) is 5.66. The largest absolute Gasteiger partial charge is 0.408 e. The van der Waals surface area contributed by atoms with E-state index < -0.39 is 28.7 Å². The lowest BCUT2D eigenvalue weighted by Gasteiger charge is -2.10. The first-order valence-corrected chi connectivity index (χ1v) is 8.68. The first-order valence-electron chi connectivity index (χ1n) is 7.24. The second-order valence-electron chi connectivity index (χ2n) is 5.52. The van der Waals surface area contributed by atoms with Crippen molar-refractivity contribution >= 4 is 15.9 Å². The maximum Gasteiger partial charge on any atom is 0.408 e. The van der Waals surface area contributed by atoms with Crippen molar-refractivity contribution in [3.63, 3.8) is 0 Å². The summed E-state index contributed by atoms with van der Waals surface area (Å²) in [6.45, 7) is -1.25. The van der Waals surface area contributed by atoms with Gasteiger partial charge in [0.1, 0.15) is 6.54 Å². The summed E-state index contributed by atoms with van der Waals surface area (Å²) in [5.74, 6) is -0.546. The average Bonchev–Trinajstić information content (AvgIpc) is 2.98. The summed E-state index contributed by atoms with van der Waals surface area (Å²) < 4.78 is 62.3. The predicted octanol–water partition coefficient (Wildman–Crippen LogP) is 1.02. The molecule has 0 spiro atoms. The smallest absolute Gasteiger partial charge is 0.348 e. The van der Waals surface area contributed by atoms with Gasteiger partial charge in [-0.3, -0.25) is 9.48 Å². The lowest BCUT2D eigenvalue weighted by atomic mass is 10.2. The van der Waals surface area contributed by atoms with E-state index in [0.717, 1.165) is 15.2 Å². The van der Waals surface area contributed by atoms with Crippen LogP contribution in [0.15, 0.2) is 35.7 Å². The van der Waals surface area contributed by atoms with Crippen LogP contribution in [0.4, 0.5) is 13.2 Å². The van der Waals surface area contributed by atoms with Gasteiger partial charge in [-0.2, -0.15) is 18.3 Å². The number of halogens is 3. The predicted molar refractivity (Wildman–Crippen MR) is 84.6 cm³/mol. The topological polar surface area (TPSA) is 97.2 Å². The first-order chi connectivity index (χ1) is 12.0. The standard InChI is InChI=1S/C14H16F3N5O3S/c1-21(2)26(24,25)12-4-3-11(7-18-12)13(23)19-5-10-6-20-22(8-10)9-14(15,16)17/h3-4,6-8H,5,9H2,1-2H3,(H,19,23). The van der Waals surface area contributed by atoms with Crippen molar-refractivity contribution in [2.45, 2.75) is 24.3 Å². The number of amides is 1. The minimum atomic E-state index is -4.38. The number of nitrogens with zero attached hydrogens (tertiary/aromatic N) is 4. The van der Waals surface area contributed by atoms with Crippen molar-refractivity contribution in [1.82, 2.24) is 24.4 Å². The molecular weight excluding hydrogens is 375 g/mol. The molecule has 0 saturated heterocycles. The van der Waals surface area contributed by atoms with E-state index in [1.165, 1.54) is 38.6 Å². The molecule has 0 aliphatic heterocycles. The summed E-state index contributed by atoms with van der Waals surface area (Å²) >= 11 is 0. The zero-order valence-electron chi connectivity index (χ0n) is 13.9. The number of carbonyl (C=O) groups is 1. The Morgan fingerprint density at radius 2 is 1.96 bits per heavy atom. The zero-order valence-corrected chi connectivity index (χ0v) is 14.7. The molecule has 0 aromatic carbocycles. The third kappa shape index (κ3) is 5.02. The van der Waals surface area contributed by atoms with Gasteiger partial charge in [-0.25, -0.2) is 17.7 Å². The minimum absolute atomic E-state index is 0.0333. The number of hydrogen-bond acceptors (Lipinski definition) is 5. The number of carbonyl (C=O) groups excluding carboxylic acids is 1. The molecule has 0 unspecified atom stereocenters. The van der Waals surface area contributed by atoms with Gasteiger partial charge in [-0.15, -0.1) is 0 Å². The molecule has 1 N–H and O–H groups in total. The number of aromatic nitrogens is 3. The van der Waals surface area contributed by atoms with Crippen molar-refractivity contribution < 1.29 is 26.4 Å². The Morgan fingerprint density at radius 3 is 2.50 bits per heavy atom. The molecule has 0 radical (unpaired) electrons. The lowest BCUT2D eigenvalue weighted by Crippen LogP contribution is -2.25. The molecule has 2 aromatic heterocycles. The van der Waals surface area contributed by atoms with E-state index in [2.05, 4.69) is 15.4 Å². The van der Waals surface area contributed by atoms with Gasteiger partial charge in [0.25, 0.3) is 15.9 Å². The molecule has 0 saturated carbocycles. The summed E-state index contributed by atoms with van der Waals surface area (Å²) in [5, 5.41) is 5.87. The number of nitrogens with one attached hydrogen (secondary N) is 1. The molecule has 8 nitrogen and oxygen atoms in total. The Balaban J connectivity index is 1.98. The molecule has 26 heavy (non-hydrogen) atoms. The van der Waals surface area contributed by atoms with Crippen LogP contribution in [0.2, 0.25) is 0 Å². The monoisotopic (exact) mass is 391 g/mol. The molecule has 0 aliphatic rings. The number of pyridine rings is 1. The fourth-order valence-corrected chi connectivity index (χ4v) is 2.71. The van der Waals surface area contributed by atoms with Crippen molar-refractivity contribution in [3.8, 4) is 0 Å². The van der Waals surface area contributed by atoms with E-state index in [-0.39, 0.29) is 17.1 Å². The van der Waals surface area contributed by atoms with Crippen molar-refractivity contribution in [1.29, 1.82) is 0 Å². The molecule has 0 aliphatic carbocycles. The van der Waals surface area contributed by atoms with Crippen LogP contribution in [-0.2, 0) is 23.1 Å². The molecule has 2 rings (SSSR count). The maximum atomic E-state index is 12.3. The molecule has 0 atom stereocenters. The van der Waals surface area contributed by atoms with Crippen LogP contribution in [0.5, 0.6) is 0 Å². The highest BCUT2D eigenvalue weighted by Gasteiger charge is 2.28. The molecule has 142 valence electrons. The first kappa shape index (κ1) is 19.8. The van der Waals surface area contributed by atoms with Crippen LogP contribution < -0.4 is 5.32 Å². The molecule has 0 bridgehead atoms. The molecule has 1 amide bonds. The van der Waals surface area contributed by atoms with Crippen LogP contribution >= 0.6 is 0 Å². The number of alkyl halides is 3. The van der Waals surface area contributed by atoms with Gasteiger partial charge in [-0.1, -0.05) is 0 Å². The lowest BCUT2D eigenvalue weighted by molar-refractivity contribution is -0.142. The van der Waals surface area contributed by atoms with Gasteiger partial charge in [0.05, 0.1) is 11.8 Å². The van der Waals surface area contributed by atoms with Gasteiger partial charge >= 0.3 is 6.18 Å². The van der Waals surface area contributed by atoms with Crippen molar-refractivity contribution in [2.75, 3.05) is 14.1 Å². The normalized spacial score (nSPS) is 12.4. The van der Waals surface area contributed by atoms with Crippen LogP contribution in [0.25, 0.3) is 0 Å². The average molecular weight is 391 g/mol. The quantitative estimate of drug-likeness (QED) is 0.793. The highest BCUT2D eigenvalue weighted by atomic mass is 32.2. The Labute approximate surface area is 147 Å². The fraction of sp³-hybridized carbons (Fsp3) is 0.357. The Bertz CT molecular complexity index is 876. The zero-order chi connectivity index (χ0) is 19.5. The van der Waals surface area contributed by atoms with Crippen LogP contribution in [0, 0.1) is 0 Å². The summed E-state index contributed by atoms with van der Waals surface area (Å²) in [6, 6.07) is 2.50. The van der Waals surface area contributed by atoms with Crippen LogP contribution in [-0.4, -0.2) is 53.7 Å². The Morgan fingerprint density at radius 1 is 1.27 bits per heavy atom. The number of rotatable bonds is 6. The number of hydrogen-bond donors (Lipinski definition) is 1. The van der Waals surface area contributed by atoms with E-state index in [4.69, 9.17) is 0 Å². The summed E-state index contributed by atoms with van der Waals surface area (Å²) in [4.78, 5) is 15.8. The second-order valence-corrected chi connectivity index (χ2v) is 7.62. The maximum absolute atomic E-state index is 12.3. The van der Waals surface area contributed by atoms with Crippen molar-refractivity contribution in [3.05, 3.63) is 41.9 Å². The van der Waals surface area contributed by atoms with Gasteiger partial charge in [0, 0.05) is 38.6 Å². The van der Waals surface area contributed by atoms with E-state index in [1.807, 2.05) is 0 Å². The molecular formula is C14H16F3N5O3S. The third-order valence-corrected chi connectivity index (χ3v) is 4.96. The molecule has 0 fully saturated rings. The van der Waals surface area contributed by atoms with Gasteiger partial charge in [0.2, 0.25) is 0 Å². The second kappa shape index (κ2) is 7.41. The van der Waals surface area contributed by atoms with Gasteiger partial charge in [-0.05, 0) is 12.1 Å². The summed E-state index contributed by atoms with van der Waals surface area (Å²) in [6.07, 6.45) is -0.874. The summed E-state index contributed by atoms with van der Waals surface area (Å²) in [7, 11) is -0.984. The molecule has 2 heterocycles. The van der Waals surface area contributed by atoms with Gasteiger partial charge in [0.15, 0.2) is 5.03 Å². The van der Waals surface area contributed by atoms with E-state index in [9.17, 15) is 26.4 Å². The highest BCUT2D eigenvalue weighted by molar-refractivity contribution is 7.89. The third-order valence-electron chi connectivity index (χ3n) is 3.22. The van der Waals surface area contributed by atoms with Crippen molar-refractivity contribution in [2.24, 2.45) is 0 Å².